The minimum absolute atomic E-state index is 0.0164. The van der Waals surface area contributed by atoms with Crippen molar-refractivity contribution in [2.24, 2.45) is 5.92 Å². The second kappa shape index (κ2) is 12.3. The maximum absolute atomic E-state index is 12.7. The van der Waals surface area contributed by atoms with Crippen LogP contribution in [0.15, 0.2) is 53.4 Å². The van der Waals surface area contributed by atoms with Gasteiger partial charge < -0.3 is 10.4 Å². The molecule has 1 fully saturated rings. The molecular formula is C25H31ClN2O5S. The van der Waals surface area contributed by atoms with Crippen LogP contribution in [0.4, 0.5) is 0 Å². The molecule has 3 N–H and O–H groups in total. The molecule has 0 spiro atoms. The van der Waals surface area contributed by atoms with Crippen LogP contribution in [0.3, 0.4) is 0 Å². The number of hydrogen-bond acceptors (Lipinski definition) is 4. The molecule has 184 valence electrons. The van der Waals surface area contributed by atoms with Crippen molar-refractivity contribution in [3.8, 4) is 11.1 Å². The smallest absolute Gasteiger partial charge is 0.321 e. The summed E-state index contributed by atoms with van der Waals surface area (Å²) in [5.41, 5.74) is 1.70. The number of nitrogens with one attached hydrogen (secondary N) is 2. The van der Waals surface area contributed by atoms with Gasteiger partial charge in [-0.1, -0.05) is 55.1 Å². The third-order valence-electron chi connectivity index (χ3n) is 6.13. The summed E-state index contributed by atoms with van der Waals surface area (Å²) >= 11 is 5.90. The fraction of sp³-hybridized carbons (Fsp3) is 0.440. The average molecular weight is 507 g/mol. The molecule has 0 aromatic heterocycles. The molecule has 1 aliphatic carbocycles. The lowest BCUT2D eigenvalue weighted by Gasteiger charge is -2.21. The van der Waals surface area contributed by atoms with Gasteiger partial charge in [0.1, 0.15) is 6.04 Å². The molecule has 0 bridgehead atoms. The van der Waals surface area contributed by atoms with E-state index in [0.29, 0.717) is 30.3 Å². The molecule has 1 amide bonds. The number of benzene rings is 2. The second-order valence-corrected chi connectivity index (χ2v) is 10.9. The summed E-state index contributed by atoms with van der Waals surface area (Å²) in [6.07, 6.45) is 6.66. The Morgan fingerprint density at radius 2 is 1.56 bits per heavy atom. The number of halogens is 1. The first-order valence-electron chi connectivity index (χ1n) is 11.6. The third kappa shape index (κ3) is 7.82. The number of aliphatic carboxylic acids is 1. The van der Waals surface area contributed by atoms with Crippen molar-refractivity contribution in [2.45, 2.75) is 62.3 Å². The van der Waals surface area contributed by atoms with E-state index in [9.17, 15) is 23.1 Å². The lowest BCUT2D eigenvalue weighted by Crippen LogP contribution is -2.41. The van der Waals surface area contributed by atoms with Crippen LogP contribution < -0.4 is 10.0 Å². The lowest BCUT2D eigenvalue weighted by atomic mass is 9.87. The topological polar surface area (TPSA) is 113 Å². The first-order valence-corrected chi connectivity index (χ1v) is 13.5. The quantitative estimate of drug-likeness (QED) is 0.385. The zero-order valence-electron chi connectivity index (χ0n) is 19.0. The number of carboxylic acids is 1. The van der Waals surface area contributed by atoms with E-state index < -0.39 is 22.0 Å². The Labute approximate surface area is 206 Å². The zero-order chi connectivity index (χ0) is 24.6. The highest BCUT2D eigenvalue weighted by molar-refractivity contribution is 7.89. The monoisotopic (exact) mass is 506 g/mol. The molecule has 0 heterocycles. The van der Waals surface area contributed by atoms with Crippen LogP contribution >= 0.6 is 11.6 Å². The normalized spacial score (nSPS) is 15.6. The van der Waals surface area contributed by atoms with Crippen molar-refractivity contribution in [2.75, 3.05) is 6.54 Å². The van der Waals surface area contributed by atoms with Gasteiger partial charge in [-0.2, -0.15) is 4.72 Å². The molecule has 2 aromatic rings. The van der Waals surface area contributed by atoms with Crippen LogP contribution in [0.1, 0.15) is 51.4 Å². The molecule has 7 nitrogen and oxygen atoms in total. The summed E-state index contributed by atoms with van der Waals surface area (Å²) in [5, 5.41) is 12.9. The van der Waals surface area contributed by atoms with Gasteiger partial charge in [-0.05, 0) is 67.0 Å². The molecule has 34 heavy (non-hydrogen) atoms. The fourth-order valence-electron chi connectivity index (χ4n) is 4.22. The fourth-order valence-corrected chi connectivity index (χ4v) is 5.57. The maximum Gasteiger partial charge on any atom is 0.321 e. The van der Waals surface area contributed by atoms with E-state index in [1.807, 2.05) is 12.1 Å². The second-order valence-electron chi connectivity index (χ2n) is 8.74. The number of carboxylic acid groups (broad SMARTS) is 1. The Morgan fingerprint density at radius 3 is 2.15 bits per heavy atom. The molecule has 9 heteroatoms. The van der Waals surface area contributed by atoms with Crippen molar-refractivity contribution in [1.29, 1.82) is 0 Å². The van der Waals surface area contributed by atoms with Crippen LogP contribution in [-0.4, -0.2) is 38.0 Å². The van der Waals surface area contributed by atoms with Crippen LogP contribution in [-0.2, 0) is 19.6 Å². The summed E-state index contributed by atoms with van der Waals surface area (Å²) in [4.78, 5) is 23.7. The summed E-state index contributed by atoms with van der Waals surface area (Å²) in [6, 6.07) is 12.1. The summed E-state index contributed by atoms with van der Waals surface area (Å²) in [7, 11) is -4.02. The molecule has 1 atom stereocenters. The maximum atomic E-state index is 12.7. The van der Waals surface area contributed by atoms with Crippen LogP contribution in [0.25, 0.3) is 11.1 Å². The van der Waals surface area contributed by atoms with Gasteiger partial charge in [0.2, 0.25) is 15.9 Å². The molecule has 0 radical (unpaired) electrons. The van der Waals surface area contributed by atoms with Crippen molar-refractivity contribution >= 4 is 33.5 Å². The molecular weight excluding hydrogens is 476 g/mol. The van der Waals surface area contributed by atoms with Crippen LogP contribution in [0, 0.1) is 5.92 Å². The Kier molecular flexibility index (Phi) is 9.50. The third-order valence-corrected chi connectivity index (χ3v) is 7.87. The van der Waals surface area contributed by atoms with Crippen molar-refractivity contribution in [3.05, 3.63) is 53.6 Å². The van der Waals surface area contributed by atoms with Crippen molar-refractivity contribution < 1.29 is 23.1 Å². The molecule has 1 aliphatic rings. The van der Waals surface area contributed by atoms with Crippen LogP contribution in [0.5, 0.6) is 0 Å². The molecule has 3 rings (SSSR count). The van der Waals surface area contributed by atoms with Crippen LogP contribution in [0.2, 0.25) is 5.02 Å². The number of carbonyl (C=O) groups excluding carboxylic acids is 1. The number of sulfonamides is 1. The van der Waals surface area contributed by atoms with E-state index >= 15 is 0 Å². The highest BCUT2D eigenvalue weighted by Gasteiger charge is 2.25. The number of hydrogen-bond donors (Lipinski definition) is 3. The summed E-state index contributed by atoms with van der Waals surface area (Å²) in [6.45, 7) is 0.312. The molecule has 2 aromatic carbocycles. The Bertz CT molecular complexity index is 1070. The van der Waals surface area contributed by atoms with Gasteiger partial charge >= 0.3 is 5.97 Å². The van der Waals surface area contributed by atoms with E-state index in [1.165, 1.54) is 31.4 Å². The van der Waals surface area contributed by atoms with E-state index in [1.54, 1.807) is 24.3 Å². The first kappa shape index (κ1) is 26.2. The van der Waals surface area contributed by atoms with Crippen molar-refractivity contribution in [1.82, 2.24) is 10.0 Å². The minimum Gasteiger partial charge on any atom is -0.480 e. The Morgan fingerprint density at radius 1 is 0.971 bits per heavy atom. The SMILES string of the molecule is O=C(CC1CCCCC1)NCCCC(NS(=O)(=O)c1ccc(-c2ccc(Cl)cc2)cc1)C(=O)O. The highest BCUT2D eigenvalue weighted by atomic mass is 35.5. The van der Waals surface area contributed by atoms with Gasteiger partial charge in [-0.25, -0.2) is 8.42 Å². The van der Waals surface area contributed by atoms with Gasteiger partial charge in [-0.15, -0.1) is 0 Å². The largest absolute Gasteiger partial charge is 0.480 e. The summed E-state index contributed by atoms with van der Waals surface area (Å²) < 4.78 is 27.8. The Hall–Kier alpha value is -2.42. The predicted molar refractivity (Wildman–Crippen MR) is 132 cm³/mol. The predicted octanol–water partition coefficient (Wildman–Crippen LogP) is 4.61. The van der Waals surface area contributed by atoms with E-state index in [-0.39, 0.29) is 17.2 Å². The minimum atomic E-state index is -4.02. The standard InChI is InChI=1S/C25H31ClN2O5S/c26-21-12-8-19(9-13-21)20-10-14-22(15-11-20)34(32,33)28-23(25(30)31)7-4-16-27-24(29)17-18-5-2-1-3-6-18/h8-15,18,23,28H,1-7,16-17H2,(H,27,29)(H,30,31). The molecule has 1 unspecified atom stereocenters. The number of rotatable bonds is 11. The van der Waals surface area contributed by atoms with Gasteiger partial charge in [0.05, 0.1) is 4.90 Å². The zero-order valence-corrected chi connectivity index (χ0v) is 20.6. The molecule has 1 saturated carbocycles. The van der Waals surface area contributed by atoms with E-state index in [2.05, 4.69) is 10.0 Å². The Balaban J connectivity index is 1.51. The van der Waals surface area contributed by atoms with Crippen molar-refractivity contribution in [3.63, 3.8) is 0 Å². The molecule has 0 aliphatic heterocycles. The lowest BCUT2D eigenvalue weighted by molar-refractivity contribution is -0.139. The van der Waals surface area contributed by atoms with Gasteiger partial charge in [0.25, 0.3) is 0 Å². The molecule has 0 saturated heterocycles. The van der Waals surface area contributed by atoms with Gasteiger partial charge in [0, 0.05) is 18.0 Å². The van der Waals surface area contributed by atoms with E-state index in [4.69, 9.17) is 11.6 Å². The summed E-state index contributed by atoms with van der Waals surface area (Å²) in [5.74, 6) is -0.853. The van der Waals surface area contributed by atoms with Gasteiger partial charge in [-0.3, -0.25) is 9.59 Å². The average Bonchev–Trinajstić information content (AvgIpc) is 2.82. The number of amides is 1. The first-order chi connectivity index (χ1) is 16.2. The van der Waals surface area contributed by atoms with Gasteiger partial charge in [0.15, 0.2) is 0 Å². The number of carbonyl (C=O) groups is 2. The van der Waals surface area contributed by atoms with E-state index in [0.717, 1.165) is 24.0 Å². The highest BCUT2D eigenvalue weighted by Crippen LogP contribution is 2.26.